The van der Waals surface area contributed by atoms with Gasteiger partial charge in [-0.15, -0.1) is 0 Å². The number of hydrogen-bond acceptors (Lipinski definition) is 8. The first-order valence-corrected chi connectivity index (χ1v) is 20.4. The Balaban J connectivity index is 1.18. The summed E-state index contributed by atoms with van der Waals surface area (Å²) in [6, 6.07) is 13.9. The molecule has 2 unspecified atom stereocenters. The lowest BCUT2D eigenvalue weighted by Crippen LogP contribution is -2.58. The highest BCUT2D eigenvalue weighted by Crippen LogP contribution is 2.46. The number of benzene rings is 2. The van der Waals surface area contributed by atoms with Crippen molar-refractivity contribution in [2.45, 2.75) is 114 Å². The number of rotatable bonds is 7. The molecule has 1 saturated heterocycles. The summed E-state index contributed by atoms with van der Waals surface area (Å²) in [6.45, 7) is 5.89. The molecule has 3 aliphatic carbocycles. The lowest BCUT2D eigenvalue weighted by molar-refractivity contribution is -0.142. The predicted molar refractivity (Wildman–Crippen MR) is 200 cm³/mol. The minimum absolute atomic E-state index is 0.0290. The van der Waals surface area contributed by atoms with E-state index < -0.39 is 62.6 Å². The molecule has 0 radical (unpaired) electrons. The van der Waals surface area contributed by atoms with Crippen LogP contribution in [0.1, 0.15) is 96.1 Å². The van der Waals surface area contributed by atoms with E-state index in [9.17, 15) is 27.6 Å². The molecule has 2 aromatic rings. The van der Waals surface area contributed by atoms with Gasteiger partial charge in [-0.1, -0.05) is 99.5 Å². The lowest BCUT2D eigenvalue weighted by atomic mass is 9.91. The molecule has 3 fully saturated rings. The van der Waals surface area contributed by atoms with Gasteiger partial charge >= 0.3 is 0 Å². The van der Waals surface area contributed by atoms with Crippen molar-refractivity contribution in [3.05, 3.63) is 71.8 Å². The first-order valence-electron chi connectivity index (χ1n) is 18.8. The average molecular weight is 744 g/mol. The smallest absolute Gasteiger partial charge is 0.259 e. The second kappa shape index (κ2) is 14.4. The largest absolute Gasteiger partial charge is 0.390 e. The molecule has 5 aliphatic rings. The van der Waals surface area contributed by atoms with Crippen LogP contribution in [-0.2, 0) is 34.0 Å². The molecule has 0 aromatic heterocycles. The van der Waals surface area contributed by atoms with Crippen LogP contribution < -0.4 is 15.4 Å². The molecule has 7 rings (SSSR count). The van der Waals surface area contributed by atoms with Crippen LogP contribution in [-0.4, -0.2) is 78.2 Å². The van der Waals surface area contributed by atoms with Crippen LogP contribution in [0, 0.1) is 11.3 Å². The molecule has 2 aromatic carbocycles. The molecule has 0 bridgehead atoms. The van der Waals surface area contributed by atoms with Gasteiger partial charge in [0, 0.05) is 29.9 Å². The van der Waals surface area contributed by atoms with Crippen molar-refractivity contribution < 1.29 is 32.4 Å². The number of nitrogens with one attached hydrogen (secondary N) is 3. The average Bonchev–Trinajstić information content (AvgIpc) is 4.01. The van der Waals surface area contributed by atoms with E-state index in [1.165, 1.54) is 4.90 Å². The van der Waals surface area contributed by atoms with Gasteiger partial charge < -0.3 is 20.4 Å². The Morgan fingerprint density at radius 3 is 2.26 bits per heavy atom. The topological polar surface area (TPSA) is 163 Å². The van der Waals surface area contributed by atoms with Gasteiger partial charge in [0.05, 0.1) is 11.8 Å². The summed E-state index contributed by atoms with van der Waals surface area (Å²) in [5.74, 6) is -2.40. The third kappa shape index (κ3) is 7.90. The number of hydrogen-bond donors (Lipinski definition) is 3. The summed E-state index contributed by atoms with van der Waals surface area (Å²) in [5, 5.41) is 9.88. The number of oxime groups is 1. The third-order valence-corrected chi connectivity index (χ3v) is 12.6. The molecule has 4 amide bonds. The Bertz CT molecular complexity index is 1920. The summed E-state index contributed by atoms with van der Waals surface area (Å²) < 4.78 is 27.9. The van der Waals surface area contributed by atoms with Crippen LogP contribution in [0.3, 0.4) is 0 Å². The van der Waals surface area contributed by atoms with Crippen LogP contribution in [0.15, 0.2) is 65.8 Å². The fourth-order valence-corrected chi connectivity index (χ4v) is 9.15. The number of sulfonamides is 1. The molecule has 2 saturated carbocycles. The second-order valence-corrected chi connectivity index (χ2v) is 18.3. The Kier molecular flexibility index (Phi) is 9.99. The zero-order valence-corrected chi connectivity index (χ0v) is 31.4. The van der Waals surface area contributed by atoms with Crippen molar-refractivity contribution in [1.82, 2.24) is 20.3 Å². The number of amides is 4. The van der Waals surface area contributed by atoms with Gasteiger partial charge in [0.15, 0.2) is 0 Å². The molecule has 2 heterocycles. The number of allylic oxidation sites excluding steroid dienone is 1. The first kappa shape index (κ1) is 36.8. The molecule has 3 N–H and O–H groups in total. The number of carbonyl (C=O) groups is 4. The van der Waals surface area contributed by atoms with Crippen LogP contribution in [0.25, 0.3) is 11.1 Å². The second-order valence-electron chi connectivity index (χ2n) is 16.4. The summed E-state index contributed by atoms with van der Waals surface area (Å²) >= 11 is 0. The van der Waals surface area contributed by atoms with Gasteiger partial charge in [-0.05, 0) is 55.1 Å². The molecule has 2 aliphatic heterocycles. The molecular formula is C40H49N5O7S. The standard InChI is InChI=1S/C40H49N5O7S/c1-39(2,3)23-34(46)41-32-18-8-6-4-5-7-13-25-22-40(25,38(49)44-53(50,51)27-19-20-27)42-36(47)33-21-26(24-45(33)37(32)48)52-43-35-30-16-11-9-14-28(30)29-15-10-12-17-31(29)35/h7,9-17,25-27,32-33H,4-6,8,18-24H2,1-3H3,(H,41,46)(H,42,47)(H,44,49)/b13-7-/t25?,26-,32+,33+,40?/m1/s1. The highest BCUT2D eigenvalue weighted by Gasteiger charge is 2.62. The van der Waals surface area contributed by atoms with E-state index in [4.69, 9.17) is 4.84 Å². The Morgan fingerprint density at radius 2 is 1.62 bits per heavy atom. The van der Waals surface area contributed by atoms with E-state index in [0.29, 0.717) is 31.4 Å². The highest BCUT2D eigenvalue weighted by molar-refractivity contribution is 7.91. The molecule has 5 atom stereocenters. The minimum Gasteiger partial charge on any atom is -0.390 e. The van der Waals surface area contributed by atoms with Crippen molar-refractivity contribution in [1.29, 1.82) is 0 Å². The molecule has 12 nitrogen and oxygen atoms in total. The highest BCUT2D eigenvalue weighted by atomic mass is 32.2. The summed E-state index contributed by atoms with van der Waals surface area (Å²) in [6.07, 6.45) is 8.15. The van der Waals surface area contributed by atoms with Crippen molar-refractivity contribution in [2.24, 2.45) is 16.5 Å². The van der Waals surface area contributed by atoms with Crippen LogP contribution in [0.2, 0.25) is 0 Å². The van der Waals surface area contributed by atoms with Gasteiger partial charge in [-0.25, -0.2) is 8.42 Å². The molecule has 53 heavy (non-hydrogen) atoms. The summed E-state index contributed by atoms with van der Waals surface area (Å²) in [7, 11) is -3.87. The van der Waals surface area contributed by atoms with E-state index in [-0.39, 0.29) is 37.1 Å². The van der Waals surface area contributed by atoms with Crippen LogP contribution in [0.5, 0.6) is 0 Å². The predicted octanol–water partition coefficient (Wildman–Crippen LogP) is 4.33. The summed E-state index contributed by atoms with van der Waals surface area (Å²) in [5.41, 5.74) is 2.79. The van der Waals surface area contributed by atoms with E-state index >= 15 is 0 Å². The fourth-order valence-electron chi connectivity index (χ4n) is 7.78. The first-order chi connectivity index (χ1) is 25.3. The zero-order chi connectivity index (χ0) is 37.5. The minimum atomic E-state index is -3.87. The van der Waals surface area contributed by atoms with Gasteiger partial charge in [0.1, 0.15) is 29.4 Å². The third-order valence-electron chi connectivity index (χ3n) is 10.8. The van der Waals surface area contributed by atoms with E-state index in [1.54, 1.807) is 0 Å². The normalized spacial score (nSPS) is 27.8. The Hall–Kier alpha value is -4.52. The van der Waals surface area contributed by atoms with Gasteiger partial charge in [-0.2, -0.15) is 0 Å². The SMILES string of the molecule is CC(C)(C)CC(=O)N[C@H]1CCCCC/C=C\C2CC2(C(=O)NS(=O)(=O)C2CC2)NC(=O)[C@@H]2C[C@@H](ON=C3c4ccccc4-c4ccccc43)CN2C1=O. The molecule has 0 spiro atoms. The maximum absolute atomic E-state index is 14.5. The van der Waals surface area contributed by atoms with E-state index in [0.717, 1.165) is 41.5 Å². The van der Waals surface area contributed by atoms with Crippen LogP contribution >= 0.6 is 0 Å². The number of carbonyl (C=O) groups excluding carboxylic acids is 4. The Morgan fingerprint density at radius 1 is 0.962 bits per heavy atom. The maximum atomic E-state index is 14.5. The summed E-state index contributed by atoms with van der Waals surface area (Å²) in [4.78, 5) is 63.4. The molecular weight excluding hydrogens is 695 g/mol. The van der Waals surface area contributed by atoms with E-state index in [2.05, 4.69) is 20.5 Å². The van der Waals surface area contributed by atoms with Gasteiger partial charge in [0.2, 0.25) is 27.7 Å². The molecule has 13 heteroatoms. The number of fused-ring (bicyclic) bond motifs is 5. The van der Waals surface area contributed by atoms with Crippen LogP contribution in [0.4, 0.5) is 0 Å². The lowest BCUT2D eigenvalue weighted by Gasteiger charge is -2.30. The maximum Gasteiger partial charge on any atom is 0.259 e. The van der Waals surface area contributed by atoms with Crippen molar-refractivity contribution in [3.63, 3.8) is 0 Å². The van der Waals surface area contributed by atoms with Gasteiger partial charge in [0.25, 0.3) is 5.91 Å². The molecule has 282 valence electrons. The quantitative estimate of drug-likeness (QED) is 0.240. The van der Waals surface area contributed by atoms with Gasteiger partial charge in [-0.3, -0.25) is 23.9 Å². The number of nitrogens with zero attached hydrogens (tertiary/aromatic N) is 2. The zero-order valence-electron chi connectivity index (χ0n) is 30.6. The van der Waals surface area contributed by atoms with Crippen molar-refractivity contribution >= 4 is 39.4 Å². The van der Waals surface area contributed by atoms with Crippen molar-refractivity contribution in [3.8, 4) is 11.1 Å². The fraction of sp³-hybridized carbons (Fsp3) is 0.525. The monoisotopic (exact) mass is 743 g/mol. The van der Waals surface area contributed by atoms with Crippen molar-refractivity contribution in [2.75, 3.05) is 6.54 Å². The van der Waals surface area contributed by atoms with E-state index in [1.807, 2.05) is 81.5 Å². The Labute approximate surface area is 311 Å².